The molecule has 0 aliphatic heterocycles. The molecule has 3 N–H and O–H groups in total. The first-order valence-corrected chi connectivity index (χ1v) is 5.80. The van der Waals surface area contributed by atoms with Gasteiger partial charge in [0.15, 0.2) is 11.5 Å². The summed E-state index contributed by atoms with van der Waals surface area (Å²) in [7, 11) is 0. The van der Waals surface area contributed by atoms with Crippen LogP contribution in [-0.2, 0) is 4.79 Å². The first-order valence-electron chi connectivity index (χ1n) is 5.80. The molecule has 0 saturated heterocycles. The molecule has 2 aromatic heterocycles. The summed E-state index contributed by atoms with van der Waals surface area (Å²) < 4.78 is 0. The molecule has 2 aromatic rings. The molecule has 2 rings (SSSR count). The van der Waals surface area contributed by atoms with Crippen LogP contribution in [0.25, 0.3) is 11.2 Å². The molecular formula is C11H15N5O2. The summed E-state index contributed by atoms with van der Waals surface area (Å²) in [5.41, 5.74) is 1.33. The van der Waals surface area contributed by atoms with Crippen molar-refractivity contribution in [3.63, 3.8) is 0 Å². The smallest absolute Gasteiger partial charge is 0.303 e. The summed E-state index contributed by atoms with van der Waals surface area (Å²) in [6.07, 6.45) is 3.94. The number of aromatic amines is 1. The van der Waals surface area contributed by atoms with Crippen LogP contribution in [0.4, 0.5) is 5.82 Å². The molecule has 0 spiro atoms. The highest BCUT2D eigenvalue weighted by Gasteiger charge is 2.12. The van der Waals surface area contributed by atoms with E-state index in [0.717, 1.165) is 11.9 Å². The second-order valence-electron chi connectivity index (χ2n) is 4.08. The third kappa shape index (κ3) is 2.73. The predicted octanol–water partition coefficient (Wildman–Crippen LogP) is 1.27. The van der Waals surface area contributed by atoms with E-state index in [0.29, 0.717) is 18.0 Å². The van der Waals surface area contributed by atoms with E-state index in [2.05, 4.69) is 25.3 Å². The number of H-pyrrole nitrogens is 1. The molecule has 0 aromatic carbocycles. The number of rotatable bonds is 6. The standard InChI is InChI=1S/C11H15N5O2/c1-2-7(3-8(17)18)4-12-10-9-11(14-5-13-9)16-6-15-10/h5-7H,2-4H2,1H3,(H,17,18)(H2,12,13,14,15,16). The second kappa shape index (κ2) is 5.44. The number of carboxylic acid groups (broad SMARTS) is 1. The average Bonchev–Trinajstić information content (AvgIpc) is 2.82. The summed E-state index contributed by atoms with van der Waals surface area (Å²) >= 11 is 0. The number of anilines is 1. The van der Waals surface area contributed by atoms with E-state index in [9.17, 15) is 4.79 Å². The van der Waals surface area contributed by atoms with Crippen LogP contribution < -0.4 is 5.32 Å². The lowest BCUT2D eigenvalue weighted by Crippen LogP contribution is -2.18. The maximum Gasteiger partial charge on any atom is 0.303 e. The minimum atomic E-state index is -0.780. The molecule has 2 heterocycles. The highest BCUT2D eigenvalue weighted by Crippen LogP contribution is 2.16. The molecule has 0 aliphatic rings. The third-order valence-electron chi connectivity index (χ3n) is 2.82. The number of nitrogens with one attached hydrogen (secondary N) is 2. The van der Waals surface area contributed by atoms with Gasteiger partial charge in [0, 0.05) is 13.0 Å². The number of carbonyl (C=O) groups is 1. The van der Waals surface area contributed by atoms with Crippen LogP contribution in [0.15, 0.2) is 12.7 Å². The van der Waals surface area contributed by atoms with E-state index in [-0.39, 0.29) is 12.3 Å². The lowest BCUT2D eigenvalue weighted by atomic mass is 10.0. The van der Waals surface area contributed by atoms with Crippen LogP contribution >= 0.6 is 0 Å². The Balaban J connectivity index is 2.05. The van der Waals surface area contributed by atoms with Gasteiger partial charge in [0.25, 0.3) is 0 Å². The minimum Gasteiger partial charge on any atom is -0.481 e. The predicted molar refractivity (Wildman–Crippen MR) is 66.2 cm³/mol. The zero-order valence-electron chi connectivity index (χ0n) is 10.1. The number of aromatic nitrogens is 4. The fourth-order valence-corrected chi connectivity index (χ4v) is 1.75. The van der Waals surface area contributed by atoms with E-state index in [1.54, 1.807) is 6.33 Å². The van der Waals surface area contributed by atoms with Gasteiger partial charge >= 0.3 is 5.97 Å². The molecule has 96 valence electrons. The summed E-state index contributed by atoms with van der Waals surface area (Å²) in [5, 5.41) is 11.9. The van der Waals surface area contributed by atoms with Gasteiger partial charge in [-0.15, -0.1) is 0 Å². The van der Waals surface area contributed by atoms with Gasteiger partial charge in [0.1, 0.15) is 11.8 Å². The Labute approximate surface area is 104 Å². The van der Waals surface area contributed by atoms with Crippen LogP contribution in [-0.4, -0.2) is 37.6 Å². The van der Waals surface area contributed by atoms with Crippen LogP contribution in [0.2, 0.25) is 0 Å². The van der Waals surface area contributed by atoms with Gasteiger partial charge < -0.3 is 15.4 Å². The van der Waals surface area contributed by atoms with E-state index in [4.69, 9.17) is 5.11 Å². The highest BCUT2D eigenvalue weighted by molar-refractivity contribution is 5.81. The molecule has 0 radical (unpaired) electrons. The summed E-state index contributed by atoms with van der Waals surface area (Å²) in [6.45, 7) is 2.54. The van der Waals surface area contributed by atoms with Gasteiger partial charge in [-0.25, -0.2) is 15.0 Å². The van der Waals surface area contributed by atoms with E-state index in [1.165, 1.54) is 6.33 Å². The summed E-state index contributed by atoms with van der Waals surface area (Å²) in [6, 6.07) is 0. The van der Waals surface area contributed by atoms with Crippen molar-refractivity contribution in [3.8, 4) is 0 Å². The number of fused-ring (bicyclic) bond motifs is 1. The molecular weight excluding hydrogens is 234 g/mol. The molecule has 7 heteroatoms. The van der Waals surface area contributed by atoms with Crippen molar-refractivity contribution < 1.29 is 9.90 Å². The summed E-state index contributed by atoms with van der Waals surface area (Å²) in [4.78, 5) is 25.8. The topological polar surface area (TPSA) is 104 Å². The first kappa shape index (κ1) is 12.3. The molecule has 1 unspecified atom stereocenters. The fourth-order valence-electron chi connectivity index (χ4n) is 1.75. The Hall–Kier alpha value is -2.18. The molecule has 7 nitrogen and oxygen atoms in total. The van der Waals surface area contributed by atoms with Gasteiger partial charge in [-0.3, -0.25) is 4.79 Å². The van der Waals surface area contributed by atoms with Gasteiger partial charge in [-0.05, 0) is 5.92 Å². The fraction of sp³-hybridized carbons (Fsp3) is 0.455. The van der Waals surface area contributed by atoms with E-state index >= 15 is 0 Å². The van der Waals surface area contributed by atoms with Gasteiger partial charge in [-0.2, -0.15) is 0 Å². The van der Waals surface area contributed by atoms with Crippen molar-refractivity contribution in [2.75, 3.05) is 11.9 Å². The van der Waals surface area contributed by atoms with Crippen molar-refractivity contribution in [2.45, 2.75) is 19.8 Å². The van der Waals surface area contributed by atoms with Crippen molar-refractivity contribution in [1.29, 1.82) is 0 Å². The molecule has 0 aliphatic carbocycles. The average molecular weight is 249 g/mol. The highest BCUT2D eigenvalue weighted by atomic mass is 16.4. The maximum atomic E-state index is 10.7. The largest absolute Gasteiger partial charge is 0.481 e. The Morgan fingerprint density at radius 3 is 3.06 bits per heavy atom. The normalized spacial score (nSPS) is 12.5. The van der Waals surface area contributed by atoms with Crippen molar-refractivity contribution in [1.82, 2.24) is 19.9 Å². The lowest BCUT2D eigenvalue weighted by Gasteiger charge is -2.13. The number of hydrogen-bond acceptors (Lipinski definition) is 5. The number of imidazole rings is 1. The number of hydrogen-bond donors (Lipinski definition) is 3. The SMILES string of the molecule is CCC(CNc1ncnc2nc[nH]c12)CC(=O)O. The number of nitrogens with zero attached hydrogens (tertiary/aromatic N) is 3. The number of aliphatic carboxylic acids is 1. The molecule has 0 amide bonds. The second-order valence-corrected chi connectivity index (χ2v) is 4.08. The lowest BCUT2D eigenvalue weighted by molar-refractivity contribution is -0.138. The minimum absolute atomic E-state index is 0.0791. The van der Waals surface area contributed by atoms with E-state index < -0.39 is 5.97 Å². The van der Waals surface area contributed by atoms with Gasteiger partial charge in [0.05, 0.1) is 6.33 Å². The van der Waals surface area contributed by atoms with E-state index in [1.807, 2.05) is 6.92 Å². The zero-order valence-corrected chi connectivity index (χ0v) is 10.1. The van der Waals surface area contributed by atoms with Gasteiger partial charge in [-0.1, -0.05) is 13.3 Å². The number of carboxylic acids is 1. The molecule has 0 fully saturated rings. The molecule has 1 atom stereocenters. The van der Waals surface area contributed by atoms with Gasteiger partial charge in [0.2, 0.25) is 0 Å². The third-order valence-corrected chi connectivity index (χ3v) is 2.82. The monoisotopic (exact) mass is 249 g/mol. The van der Waals surface area contributed by atoms with Crippen molar-refractivity contribution >= 4 is 23.0 Å². The molecule has 0 bridgehead atoms. The quantitative estimate of drug-likeness (QED) is 0.712. The van der Waals surface area contributed by atoms with Crippen molar-refractivity contribution in [2.24, 2.45) is 5.92 Å². The van der Waals surface area contributed by atoms with Crippen LogP contribution in [0.1, 0.15) is 19.8 Å². The Kier molecular flexibility index (Phi) is 3.71. The van der Waals surface area contributed by atoms with Crippen molar-refractivity contribution in [3.05, 3.63) is 12.7 Å². The Morgan fingerprint density at radius 2 is 2.33 bits per heavy atom. The maximum absolute atomic E-state index is 10.7. The zero-order chi connectivity index (χ0) is 13.0. The Morgan fingerprint density at radius 1 is 1.50 bits per heavy atom. The Bertz CT molecular complexity index is 539. The summed E-state index contributed by atoms with van der Waals surface area (Å²) in [5.74, 6) is -0.0465. The molecule has 18 heavy (non-hydrogen) atoms. The van der Waals surface area contributed by atoms with Crippen LogP contribution in [0.5, 0.6) is 0 Å². The van der Waals surface area contributed by atoms with Crippen LogP contribution in [0, 0.1) is 5.92 Å². The molecule has 0 saturated carbocycles. The first-order chi connectivity index (χ1) is 8.70. The van der Waals surface area contributed by atoms with Crippen LogP contribution in [0.3, 0.4) is 0 Å².